The Morgan fingerprint density at radius 2 is 1.81 bits per heavy atom. The van der Waals surface area contributed by atoms with Crippen LogP contribution in [0.1, 0.15) is 17.2 Å². The van der Waals surface area contributed by atoms with Crippen molar-refractivity contribution >= 4 is 23.6 Å². The molecule has 134 valence electrons. The van der Waals surface area contributed by atoms with Crippen LogP contribution < -0.4 is 0 Å². The smallest absolute Gasteiger partial charge is 0.331 e. The van der Waals surface area contributed by atoms with Crippen LogP contribution >= 0.6 is 0 Å². The first-order valence-electron chi connectivity index (χ1n) is 7.77. The van der Waals surface area contributed by atoms with E-state index in [1.807, 2.05) is 0 Å². The number of hydrogen-bond acceptors (Lipinski definition) is 5. The van der Waals surface area contributed by atoms with Crippen LogP contribution in [-0.4, -0.2) is 35.8 Å². The molecule has 0 spiro atoms. The van der Waals surface area contributed by atoms with E-state index in [0.717, 1.165) is 6.08 Å². The third-order valence-electron chi connectivity index (χ3n) is 3.49. The van der Waals surface area contributed by atoms with Gasteiger partial charge in [-0.15, -0.1) is 0 Å². The Morgan fingerprint density at radius 3 is 2.42 bits per heavy atom. The van der Waals surface area contributed by atoms with Gasteiger partial charge in [-0.1, -0.05) is 42.5 Å². The lowest BCUT2D eigenvalue weighted by molar-refractivity contribution is -0.384. The summed E-state index contributed by atoms with van der Waals surface area (Å²) in [5, 5.41) is 10.8. The SMILES string of the molecule is CN(C)C(=O)[C@@H](OC(=O)/C=C/c1cccc([N+](=O)[O-])c1)c1ccccc1. The van der Waals surface area contributed by atoms with Gasteiger partial charge in [-0.3, -0.25) is 14.9 Å². The quantitative estimate of drug-likeness (QED) is 0.344. The molecule has 0 aliphatic heterocycles. The summed E-state index contributed by atoms with van der Waals surface area (Å²) in [4.78, 5) is 36.1. The fraction of sp³-hybridized carbons (Fsp3) is 0.158. The number of amides is 1. The van der Waals surface area contributed by atoms with Crippen molar-refractivity contribution in [3.8, 4) is 0 Å². The second-order valence-electron chi connectivity index (χ2n) is 5.65. The zero-order chi connectivity index (χ0) is 19.1. The predicted molar refractivity (Wildman–Crippen MR) is 96.1 cm³/mol. The highest BCUT2D eigenvalue weighted by Crippen LogP contribution is 2.20. The van der Waals surface area contributed by atoms with Crippen LogP contribution in [0.3, 0.4) is 0 Å². The van der Waals surface area contributed by atoms with Gasteiger partial charge in [-0.05, 0) is 11.6 Å². The molecule has 0 radical (unpaired) electrons. The van der Waals surface area contributed by atoms with Gasteiger partial charge in [0.25, 0.3) is 11.6 Å². The van der Waals surface area contributed by atoms with E-state index in [4.69, 9.17) is 4.74 Å². The molecule has 26 heavy (non-hydrogen) atoms. The van der Waals surface area contributed by atoms with Crippen molar-refractivity contribution in [2.45, 2.75) is 6.10 Å². The number of hydrogen-bond donors (Lipinski definition) is 0. The third kappa shape index (κ3) is 5.01. The molecule has 0 aliphatic rings. The normalized spacial score (nSPS) is 11.8. The minimum absolute atomic E-state index is 0.0783. The number of benzene rings is 2. The number of rotatable bonds is 6. The van der Waals surface area contributed by atoms with E-state index < -0.39 is 17.0 Å². The van der Waals surface area contributed by atoms with Gasteiger partial charge in [0.05, 0.1) is 4.92 Å². The summed E-state index contributed by atoms with van der Waals surface area (Å²) in [6.07, 6.45) is 1.48. The molecule has 0 saturated heterocycles. The lowest BCUT2D eigenvalue weighted by atomic mass is 10.1. The number of ether oxygens (including phenoxy) is 1. The van der Waals surface area contributed by atoms with Crippen molar-refractivity contribution in [1.29, 1.82) is 0 Å². The van der Waals surface area contributed by atoms with Gasteiger partial charge in [-0.25, -0.2) is 4.79 Å². The fourth-order valence-electron chi connectivity index (χ4n) is 2.19. The molecule has 1 atom stereocenters. The predicted octanol–water partition coefficient (Wildman–Crippen LogP) is 2.98. The van der Waals surface area contributed by atoms with Gasteiger partial charge in [0.2, 0.25) is 6.10 Å². The topological polar surface area (TPSA) is 89.8 Å². The molecule has 0 aliphatic carbocycles. The monoisotopic (exact) mass is 354 g/mol. The first-order valence-corrected chi connectivity index (χ1v) is 7.77. The molecular weight excluding hydrogens is 336 g/mol. The first-order chi connectivity index (χ1) is 12.4. The van der Waals surface area contributed by atoms with Gasteiger partial charge in [-0.2, -0.15) is 0 Å². The molecule has 0 saturated carbocycles. The molecule has 2 rings (SSSR count). The Morgan fingerprint density at radius 1 is 1.12 bits per heavy atom. The fourth-order valence-corrected chi connectivity index (χ4v) is 2.19. The van der Waals surface area contributed by atoms with Gasteiger partial charge >= 0.3 is 5.97 Å². The number of likely N-dealkylation sites (N-methyl/N-ethyl adjacent to an activating group) is 1. The van der Waals surface area contributed by atoms with Crippen LogP contribution in [0.4, 0.5) is 5.69 Å². The minimum atomic E-state index is -1.06. The average Bonchev–Trinajstić information content (AvgIpc) is 2.64. The molecule has 2 aromatic carbocycles. The van der Waals surface area contributed by atoms with E-state index in [9.17, 15) is 19.7 Å². The second-order valence-corrected chi connectivity index (χ2v) is 5.65. The maximum atomic E-state index is 12.3. The highest BCUT2D eigenvalue weighted by molar-refractivity contribution is 5.91. The average molecular weight is 354 g/mol. The maximum absolute atomic E-state index is 12.3. The number of carbonyl (C=O) groups is 2. The molecule has 1 amide bonds. The third-order valence-corrected chi connectivity index (χ3v) is 3.49. The molecule has 7 heteroatoms. The van der Waals surface area contributed by atoms with E-state index in [1.165, 1.54) is 29.2 Å². The van der Waals surface area contributed by atoms with Crippen LogP contribution in [0, 0.1) is 10.1 Å². The first kappa shape index (κ1) is 18.9. The number of nitro benzene ring substituents is 1. The molecule has 2 aromatic rings. The molecule has 0 heterocycles. The Balaban J connectivity index is 2.16. The lowest BCUT2D eigenvalue weighted by Gasteiger charge is -2.20. The van der Waals surface area contributed by atoms with Crippen molar-refractivity contribution < 1.29 is 19.2 Å². The molecule has 0 bridgehead atoms. The molecule has 0 N–H and O–H groups in total. The van der Waals surface area contributed by atoms with Crippen LogP contribution in [0.2, 0.25) is 0 Å². The van der Waals surface area contributed by atoms with Gasteiger partial charge in [0.15, 0.2) is 0 Å². The summed E-state index contributed by atoms with van der Waals surface area (Å²) in [5.74, 6) is -1.09. The highest BCUT2D eigenvalue weighted by Gasteiger charge is 2.25. The number of nitro groups is 1. The number of nitrogens with zero attached hydrogens (tertiary/aromatic N) is 2. The summed E-state index contributed by atoms with van der Waals surface area (Å²) >= 11 is 0. The Hall–Kier alpha value is -3.48. The summed E-state index contributed by atoms with van der Waals surface area (Å²) in [7, 11) is 3.15. The molecule has 0 unspecified atom stereocenters. The molecule has 7 nitrogen and oxygen atoms in total. The zero-order valence-electron chi connectivity index (χ0n) is 14.4. The van der Waals surface area contributed by atoms with Gasteiger partial charge in [0, 0.05) is 37.9 Å². The Labute approximate surface area is 150 Å². The van der Waals surface area contributed by atoms with Crippen LogP contribution in [0.15, 0.2) is 60.7 Å². The van der Waals surface area contributed by atoms with Crippen molar-refractivity contribution in [2.24, 2.45) is 0 Å². The van der Waals surface area contributed by atoms with Crippen LogP contribution in [0.25, 0.3) is 6.08 Å². The zero-order valence-corrected chi connectivity index (χ0v) is 14.4. The molecule has 0 aromatic heterocycles. The number of esters is 1. The van der Waals surface area contributed by atoms with E-state index >= 15 is 0 Å². The molecular formula is C19H18N2O5. The number of non-ortho nitro benzene ring substituents is 1. The minimum Gasteiger partial charge on any atom is -0.444 e. The van der Waals surface area contributed by atoms with E-state index in [-0.39, 0.29) is 11.6 Å². The van der Waals surface area contributed by atoms with Crippen LogP contribution in [0.5, 0.6) is 0 Å². The maximum Gasteiger partial charge on any atom is 0.331 e. The standard InChI is InChI=1S/C19H18N2O5/c1-20(2)19(23)18(15-8-4-3-5-9-15)26-17(22)12-11-14-7-6-10-16(13-14)21(24)25/h3-13,18H,1-2H3/b12-11+/t18-/m0/s1. The highest BCUT2D eigenvalue weighted by atomic mass is 16.6. The van der Waals surface area contributed by atoms with Crippen molar-refractivity contribution in [2.75, 3.05) is 14.1 Å². The Kier molecular flexibility index (Phi) is 6.21. The molecule has 0 fully saturated rings. The number of carbonyl (C=O) groups excluding carboxylic acids is 2. The summed E-state index contributed by atoms with van der Waals surface area (Å²) in [6, 6.07) is 14.5. The van der Waals surface area contributed by atoms with Crippen molar-refractivity contribution in [3.63, 3.8) is 0 Å². The van der Waals surface area contributed by atoms with Crippen molar-refractivity contribution in [3.05, 3.63) is 81.9 Å². The van der Waals surface area contributed by atoms with E-state index in [0.29, 0.717) is 11.1 Å². The lowest BCUT2D eigenvalue weighted by Crippen LogP contribution is -2.30. The van der Waals surface area contributed by atoms with Gasteiger partial charge < -0.3 is 9.64 Å². The van der Waals surface area contributed by atoms with E-state index in [1.54, 1.807) is 50.5 Å². The van der Waals surface area contributed by atoms with Crippen LogP contribution in [-0.2, 0) is 14.3 Å². The van der Waals surface area contributed by atoms with Gasteiger partial charge in [0.1, 0.15) is 0 Å². The second kappa shape index (κ2) is 8.57. The summed E-state index contributed by atoms with van der Waals surface area (Å²) in [6.45, 7) is 0. The van der Waals surface area contributed by atoms with Crippen molar-refractivity contribution in [1.82, 2.24) is 4.90 Å². The largest absolute Gasteiger partial charge is 0.444 e. The summed E-state index contributed by atoms with van der Waals surface area (Å²) in [5.41, 5.74) is 0.958. The summed E-state index contributed by atoms with van der Waals surface area (Å²) < 4.78 is 5.31. The van der Waals surface area contributed by atoms with E-state index in [2.05, 4.69) is 0 Å². The Bertz CT molecular complexity index is 831.